The van der Waals surface area contributed by atoms with Crippen molar-refractivity contribution in [3.63, 3.8) is 0 Å². The monoisotopic (exact) mass is 456 g/mol. The van der Waals surface area contributed by atoms with Gasteiger partial charge in [-0.3, -0.25) is 9.78 Å². The highest BCUT2D eigenvalue weighted by atomic mass is 32.2. The van der Waals surface area contributed by atoms with Crippen LogP contribution in [0.1, 0.15) is 21.6 Å². The van der Waals surface area contributed by atoms with Crippen molar-refractivity contribution in [3.05, 3.63) is 76.9 Å². The number of benzene rings is 1. The summed E-state index contributed by atoms with van der Waals surface area (Å²) in [5.74, 6) is 0.655. The number of nitrogens with zero attached hydrogens (tertiary/aromatic N) is 5. The van der Waals surface area contributed by atoms with Gasteiger partial charge in [-0.2, -0.15) is 5.26 Å². The number of hydrogen-bond donors (Lipinski definition) is 2. The van der Waals surface area contributed by atoms with E-state index in [0.29, 0.717) is 52.2 Å². The first-order valence-electron chi connectivity index (χ1n) is 10.2. The largest absolute Gasteiger partial charge is 0.389 e. The number of pyridine rings is 2. The fourth-order valence-corrected chi connectivity index (χ4v) is 4.48. The summed E-state index contributed by atoms with van der Waals surface area (Å²) < 4.78 is 0. The zero-order chi connectivity index (χ0) is 23.4. The minimum Gasteiger partial charge on any atom is -0.389 e. The predicted molar refractivity (Wildman–Crippen MR) is 126 cm³/mol. The van der Waals surface area contributed by atoms with Gasteiger partial charge in [0.1, 0.15) is 22.6 Å². The van der Waals surface area contributed by atoms with Gasteiger partial charge in [-0.05, 0) is 23.3 Å². The van der Waals surface area contributed by atoms with Crippen molar-refractivity contribution in [1.29, 1.82) is 5.26 Å². The van der Waals surface area contributed by atoms with Crippen LogP contribution in [0.15, 0.2) is 53.7 Å². The molecule has 0 radical (unpaired) electrons. The molecule has 164 valence electrons. The second-order valence-electron chi connectivity index (χ2n) is 7.40. The molecule has 1 saturated heterocycles. The van der Waals surface area contributed by atoms with Crippen LogP contribution < -0.4 is 10.2 Å². The SMILES string of the molecule is [C-]#[N+]c1c(N2CC(O)C2)nc(SCc2ccnc(C(=O)NC)c2)c(C#N)c1-c1ccccc1. The molecule has 33 heavy (non-hydrogen) atoms. The fraction of sp³-hybridized carbons (Fsp3) is 0.208. The van der Waals surface area contributed by atoms with Gasteiger partial charge in [0.15, 0.2) is 0 Å². The molecule has 1 aromatic carbocycles. The molecule has 1 amide bonds. The number of nitriles is 1. The highest BCUT2D eigenvalue weighted by Gasteiger charge is 2.31. The Bertz CT molecular complexity index is 1280. The van der Waals surface area contributed by atoms with Gasteiger partial charge in [-0.15, -0.1) is 11.8 Å². The summed E-state index contributed by atoms with van der Waals surface area (Å²) in [5.41, 5.74) is 3.12. The van der Waals surface area contributed by atoms with E-state index >= 15 is 0 Å². The summed E-state index contributed by atoms with van der Waals surface area (Å²) >= 11 is 1.36. The molecular formula is C24H20N6O2S. The number of aromatic nitrogens is 2. The zero-order valence-corrected chi connectivity index (χ0v) is 18.6. The van der Waals surface area contributed by atoms with Crippen molar-refractivity contribution >= 4 is 29.2 Å². The highest BCUT2D eigenvalue weighted by molar-refractivity contribution is 7.98. The van der Waals surface area contributed by atoms with E-state index in [1.165, 1.54) is 11.8 Å². The van der Waals surface area contributed by atoms with E-state index in [2.05, 4.69) is 21.2 Å². The molecule has 0 unspecified atom stereocenters. The molecule has 2 N–H and O–H groups in total. The van der Waals surface area contributed by atoms with Gasteiger partial charge in [0.05, 0.1) is 18.2 Å². The highest BCUT2D eigenvalue weighted by Crippen LogP contribution is 2.44. The number of nitrogens with one attached hydrogen (secondary N) is 1. The third kappa shape index (κ3) is 4.51. The molecule has 3 heterocycles. The van der Waals surface area contributed by atoms with Crippen molar-refractivity contribution < 1.29 is 9.90 Å². The predicted octanol–water partition coefficient (Wildman–Crippen LogP) is 3.40. The van der Waals surface area contributed by atoms with Crippen molar-refractivity contribution in [3.8, 4) is 17.2 Å². The first kappa shape index (κ1) is 22.3. The molecule has 0 spiro atoms. The lowest BCUT2D eigenvalue weighted by Crippen LogP contribution is -2.51. The van der Waals surface area contributed by atoms with Gasteiger partial charge in [0.25, 0.3) is 5.91 Å². The van der Waals surface area contributed by atoms with Gasteiger partial charge in [-0.1, -0.05) is 30.3 Å². The number of carbonyl (C=O) groups is 1. The van der Waals surface area contributed by atoms with Crippen LogP contribution in [-0.2, 0) is 5.75 Å². The van der Waals surface area contributed by atoms with E-state index in [9.17, 15) is 15.2 Å². The van der Waals surface area contributed by atoms with Gasteiger partial charge >= 0.3 is 0 Å². The lowest BCUT2D eigenvalue weighted by molar-refractivity contribution is 0.0958. The Morgan fingerprint density at radius 3 is 2.76 bits per heavy atom. The summed E-state index contributed by atoms with van der Waals surface area (Å²) in [6, 6.07) is 15.1. The van der Waals surface area contributed by atoms with Gasteiger partial charge in [0, 0.05) is 37.7 Å². The number of anilines is 1. The minimum atomic E-state index is -0.461. The molecule has 2 aromatic heterocycles. The first-order chi connectivity index (χ1) is 16.0. The molecule has 9 heteroatoms. The molecule has 0 saturated carbocycles. The van der Waals surface area contributed by atoms with Crippen LogP contribution in [0.4, 0.5) is 11.5 Å². The topological polar surface area (TPSA) is 106 Å². The molecule has 4 rings (SSSR count). The van der Waals surface area contributed by atoms with Gasteiger partial charge in [0.2, 0.25) is 5.69 Å². The van der Waals surface area contributed by atoms with E-state index in [0.717, 1.165) is 11.1 Å². The standard InChI is InChI=1S/C24H20N6O2S/c1-26-21-20(16-6-4-3-5-7-16)18(11-25)24(29-22(21)30-12-17(31)13-30)33-14-15-8-9-28-19(10-15)23(32)27-2/h3-10,17,31H,12-14H2,2H3,(H,27,32). The van der Waals surface area contributed by atoms with E-state index < -0.39 is 6.10 Å². The number of thioether (sulfide) groups is 1. The quantitative estimate of drug-likeness (QED) is 0.432. The van der Waals surface area contributed by atoms with E-state index in [-0.39, 0.29) is 5.91 Å². The molecule has 1 fully saturated rings. The maximum Gasteiger partial charge on any atom is 0.269 e. The number of amides is 1. The smallest absolute Gasteiger partial charge is 0.269 e. The molecule has 1 aliphatic rings. The second-order valence-corrected chi connectivity index (χ2v) is 8.37. The van der Waals surface area contributed by atoms with Crippen LogP contribution >= 0.6 is 11.8 Å². The Morgan fingerprint density at radius 1 is 1.36 bits per heavy atom. The number of aliphatic hydroxyl groups is 1. The Morgan fingerprint density at radius 2 is 2.12 bits per heavy atom. The Kier molecular flexibility index (Phi) is 6.55. The average molecular weight is 457 g/mol. The summed E-state index contributed by atoms with van der Waals surface area (Å²) in [6.45, 7) is 8.59. The number of β-amino-alcohol motifs (C(OH)–C–C–N with tert-alkyl or cyclic N) is 1. The fourth-order valence-electron chi connectivity index (χ4n) is 3.56. The number of carbonyl (C=O) groups excluding carboxylic acids is 1. The molecule has 0 bridgehead atoms. The van der Waals surface area contributed by atoms with Gasteiger partial charge in [-0.25, -0.2) is 9.83 Å². The van der Waals surface area contributed by atoms with Crippen molar-refractivity contribution in [2.24, 2.45) is 0 Å². The molecule has 0 aliphatic carbocycles. The molecule has 0 atom stereocenters. The van der Waals surface area contributed by atoms with Crippen LogP contribution in [0.2, 0.25) is 0 Å². The molecule has 8 nitrogen and oxygen atoms in total. The number of rotatable bonds is 6. The Balaban J connectivity index is 1.78. The third-order valence-electron chi connectivity index (χ3n) is 5.23. The van der Waals surface area contributed by atoms with Crippen LogP contribution in [0, 0.1) is 17.9 Å². The van der Waals surface area contributed by atoms with Crippen LogP contribution in [0.3, 0.4) is 0 Å². The minimum absolute atomic E-state index is 0.274. The summed E-state index contributed by atoms with van der Waals surface area (Å²) in [5, 5.41) is 22.9. The Hall–Kier alpha value is -3.92. The summed E-state index contributed by atoms with van der Waals surface area (Å²) in [4.78, 5) is 26.3. The lowest BCUT2D eigenvalue weighted by Gasteiger charge is -2.38. The zero-order valence-electron chi connectivity index (χ0n) is 17.8. The van der Waals surface area contributed by atoms with Crippen molar-refractivity contribution in [1.82, 2.24) is 15.3 Å². The second kappa shape index (κ2) is 9.70. The van der Waals surface area contributed by atoms with Crippen LogP contribution in [-0.4, -0.2) is 47.2 Å². The third-order valence-corrected chi connectivity index (χ3v) is 6.27. The van der Waals surface area contributed by atoms with Crippen molar-refractivity contribution in [2.45, 2.75) is 16.9 Å². The first-order valence-corrected chi connectivity index (χ1v) is 11.2. The molecule has 1 aliphatic heterocycles. The molecule has 3 aromatic rings. The maximum atomic E-state index is 11.9. The van der Waals surface area contributed by atoms with E-state index in [1.807, 2.05) is 41.3 Å². The average Bonchev–Trinajstić information content (AvgIpc) is 2.84. The maximum absolute atomic E-state index is 11.9. The Labute approximate surface area is 195 Å². The van der Waals surface area contributed by atoms with Crippen LogP contribution in [0.5, 0.6) is 0 Å². The van der Waals surface area contributed by atoms with Crippen LogP contribution in [0.25, 0.3) is 16.0 Å². The summed E-state index contributed by atoms with van der Waals surface area (Å²) in [6.07, 6.45) is 1.11. The summed E-state index contributed by atoms with van der Waals surface area (Å²) in [7, 11) is 1.55. The molecular weight excluding hydrogens is 436 g/mol. The number of aliphatic hydroxyl groups excluding tert-OH is 1. The number of hydrogen-bond acceptors (Lipinski definition) is 7. The van der Waals surface area contributed by atoms with E-state index in [1.54, 1.807) is 19.3 Å². The normalized spacial score (nSPS) is 13.0. The van der Waals surface area contributed by atoms with Gasteiger partial charge < -0.3 is 15.3 Å². The lowest BCUT2D eigenvalue weighted by atomic mass is 9.99. The van der Waals surface area contributed by atoms with E-state index in [4.69, 9.17) is 11.6 Å². The van der Waals surface area contributed by atoms with Crippen molar-refractivity contribution in [2.75, 3.05) is 25.0 Å².